The molecule has 1 N–H and O–H groups in total. The molecular formula is C12H14FN3O. The van der Waals surface area contributed by atoms with Crippen LogP contribution in [0.4, 0.5) is 4.48 Å². The first-order valence-electron chi connectivity index (χ1n) is 5.88. The van der Waals surface area contributed by atoms with E-state index in [0.717, 1.165) is 25.9 Å². The van der Waals surface area contributed by atoms with Gasteiger partial charge in [-0.05, 0) is 38.1 Å². The van der Waals surface area contributed by atoms with Crippen molar-refractivity contribution in [1.82, 2.24) is 14.7 Å². The van der Waals surface area contributed by atoms with Crippen molar-refractivity contribution in [3.05, 3.63) is 34.7 Å². The molecule has 0 saturated carbocycles. The van der Waals surface area contributed by atoms with Crippen LogP contribution in [0.1, 0.15) is 18.9 Å². The lowest BCUT2D eigenvalue weighted by Gasteiger charge is -2.23. The van der Waals surface area contributed by atoms with Crippen molar-refractivity contribution in [2.24, 2.45) is 0 Å². The van der Waals surface area contributed by atoms with Gasteiger partial charge in [0, 0.05) is 6.04 Å². The fourth-order valence-corrected chi connectivity index (χ4v) is 2.55. The van der Waals surface area contributed by atoms with Gasteiger partial charge in [0.25, 0.3) is 0 Å². The van der Waals surface area contributed by atoms with E-state index in [2.05, 4.69) is 5.32 Å². The molecule has 1 aromatic heterocycles. The van der Waals surface area contributed by atoms with Crippen molar-refractivity contribution in [3.8, 4) is 0 Å². The fourth-order valence-electron chi connectivity index (χ4n) is 2.55. The number of hydrogen-bond donors (Lipinski definition) is 1. The third kappa shape index (κ3) is 1.58. The van der Waals surface area contributed by atoms with E-state index in [1.807, 2.05) is 6.07 Å². The molecule has 1 saturated heterocycles. The second-order valence-corrected chi connectivity index (χ2v) is 4.40. The molecule has 1 aliphatic rings. The minimum absolute atomic E-state index is 0.102. The molecule has 0 radical (unpaired) electrons. The zero-order chi connectivity index (χ0) is 11.8. The Morgan fingerprint density at radius 3 is 2.53 bits per heavy atom. The SMILES string of the molecule is O=c1n(F)c2ccccc2n1C1CCNCC1. The monoisotopic (exact) mass is 235 g/mol. The molecular weight excluding hydrogens is 221 g/mol. The smallest absolute Gasteiger partial charge is 0.317 e. The number of imidazole rings is 1. The van der Waals surface area contributed by atoms with Gasteiger partial charge in [0.05, 0.1) is 5.52 Å². The summed E-state index contributed by atoms with van der Waals surface area (Å²) in [6.45, 7) is 1.76. The number of para-hydroxylation sites is 2. The molecule has 5 heteroatoms. The number of piperidine rings is 1. The highest BCUT2D eigenvalue weighted by molar-refractivity contribution is 5.75. The Labute approximate surface area is 97.6 Å². The van der Waals surface area contributed by atoms with Crippen molar-refractivity contribution < 1.29 is 4.48 Å². The maximum Gasteiger partial charge on any atom is 0.357 e. The minimum atomic E-state index is -0.557. The lowest BCUT2D eigenvalue weighted by molar-refractivity contribution is 0.326. The summed E-state index contributed by atoms with van der Waals surface area (Å²) in [6, 6.07) is 7.11. The van der Waals surface area contributed by atoms with E-state index >= 15 is 0 Å². The normalized spacial score (nSPS) is 17.7. The second-order valence-electron chi connectivity index (χ2n) is 4.40. The Kier molecular flexibility index (Phi) is 2.48. The predicted octanol–water partition coefficient (Wildman–Crippen LogP) is 1.46. The van der Waals surface area contributed by atoms with E-state index < -0.39 is 5.69 Å². The highest BCUT2D eigenvalue weighted by Crippen LogP contribution is 2.22. The van der Waals surface area contributed by atoms with E-state index in [9.17, 15) is 9.28 Å². The Morgan fingerprint density at radius 2 is 1.82 bits per heavy atom. The first-order chi connectivity index (χ1) is 8.29. The summed E-state index contributed by atoms with van der Waals surface area (Å²) in [5.74, 6) is 0. The number of nitrogens with zero attached hydrogens (tertiary/aromatic N) is 2. The van der Waals surface area contributed by atoms with Crippen LogP contribution in [0.25, 0.3) is 11.0 Å². The van der Waals surface area contributed by atoms with Crippen LogP contribution in [-0.4, -0.2) is 22.4 Å². The van der Waals surface area contributed by atoms with Crippen molar-refractivity contribution in [2.75, 3.05) is 13.1 Å². The third-order valence-corrected chi connectivity index (χ3v) is 3.40. The summed E-state index contributed by atoms with van der Waals surface area (Å²) >= 11 is 0. The maximum atomic E-state index is 13.7. The number of hydrogen-bond acceptors (Lipinski definition) is 2. The van der Waals surface area contributed by atoms with E-state index in [4.69, 9.17) is 0 Å². The molecule has 4 nitrogen and oxygen atoms in total. The van der Waals surface area contributed by atoms with Gasteiger partial charge < -0.3 is 5.32 Å². The lowest BCUT2D eigenvalue weighted by Crippen LogP contribution is -2.34. The summed E-state index contributed by atoms with van der Waals surface area (Å²) in [4.78, 5) is 12.2. The molecule has 0 atom stereocenters. The fraction of sp³-hybridized carbons (Fsp3) is 0.417. The Hall–Kier alpha value is -1.62. The summed E-state index contributed by atoms with van der Waals surface area (Å²) in [5, 5.41) is 3.24. The molecule has 0 amide bonds. The van der Waals surface area contributed by atoms with E-state index in [0.29, 0.717) is 11.0 Å². The maximum absolute atomic E-state index is 13.7. The van der Waals surface area contributed by atoms with Crippen molar-refractivity contribution in [3.63, 3.8) is 0 Å². The number of fused-ring (bicyclic) bond motifs is 1. The predicted molar refractivity (Wildman–Crippen MR) is 63.8 cm³/mol. The number of aromatic nitrogens is 2. The van der Waals surface area contributed by atoms with Gasteiger partial charge in [-0.2, -0.15) is 0 Å². The van der Waals surface area contributed by atoms with Crippen LogP contribution in [0.2, 0.25) is 0 Å². The van der Waals surface area contributed by atoms with Crippen LogP contribution in [-0.2, 0) is 0 Å². The van der Waals surface area contributed by atoms with Gasteiger partial charge in [-0.3, -0.25) is 4.57 Å². The summed E-state index contributed by atoms with van der Waals surface area (Å²) in [5.41, 5.74) is 0.487. The Bertz CT molecular complexity index is 595. The topological polar surface area (TPSA) is 39.0 Å². The van der Waals surface area contributed by atoms with Gasteiger partial charge in [-0.15, -0.1) is 4.79 Å². The average Bonchev–Trinajstić information content (AvgIpc) is 2.64. The molecule has 1 aromatic carbocycles. The van der Waals surface area contributed by atoms with Gasteiger partial charge in [0.1, 0.15) is 5.52 Å². The van der Waals surface area contributed by atoms with Crippen molar-refractivity contribution in [2.45, 2.75) is 18.9 Å². The first-order valence-corrected chi connectivity index (χ1v) is 5.88. The Balaban J connectivity index is 2.21. The number of rotatable bonds is 1. The largest absolute Gasteiger partial charge is 0.357 e. The minimum Gasteiger partial charge on any atom is -0.317 e. The number of nitrogens with one attached hydrogen (secondary N) is 1. The van der Waals surface area contributed by atoms with E-state index in [1.54, 1.807) is 22.8 Å². The summed E-state index contributed by atoms with van der Waals surface area (Å²) in [7, 11) is 0. The van der Waals surface area contributed by atoms with E-state index in [1.165, 1.54) is 0 Å². The average molecular weight is 235 g/mol. The lowest BCUT2D eigenvalue weighted by atomic mass is 10.1. The standard InChI is InChI=1S/C12H14FN3O/c13-16-11-4-2-1-3-10(11)15(12(16)17)9-5-7-14-8-6-9/h1-4,9,14H,5-8H2. The van der Waals surface area contributed by atoms with Crippen LogP contribution < -0.4 is 11.0 Å². The van der Waals surface area contributed by atoms with E-state index in [-0.39, 0.29) is 10.8 Å². The molecule has 1 aliphatic heterocycles. The van der Waals surface area contributed by atoms with Crippen molar-refractivity contribution in [1.29, 1.82) is 0 Å². The summed E-state index contributed by atoms with van der Waals surface area (Å²) in [6.07, 6.45) is 1.74. The molecule has 0 spiro atoms. The molecule has 3 rings (SSSR count). The quantitative estimate of drug-likeness (QED) is 0.812. The number of benzene rings is 1. The van der Waals surface area contributed by atoms with Crippen LogP contribution in [0, 0.1) is 0 Å². The second kappa shape index (κ2) is 4.00. The van der Waals surface area contributed by atoms with Gasteiger partial charge >= 0.3 is 5.69 Å². The molecule has 1 fully saturated rings. The number of halogens is 1. The highest BCUT2D eigenvalue weighted by Gasteiger charge is 2.21. The van der Waals surface area contributed by atoms with Crippen LogP contribution in [0.5, 0.6) is 0 Å². The van der Waals surface area contributed by atoms with Crippen LogP contribution in [0.15, 0.2) is 29.1 Å². The zero-order valence-corrected chi connectivity index (χ0v) is 9.40. The molecule has 2 heterocycles. The zero-order valence-electron chi connectivity index (χ0n) is 9.40. The molecule has 0 unspecified atom stereocenters. The first kappa shape index (κ1) is 10.5. The molecule has 90 valence electrons. The van der Waals surface area contributed by atoms with Gasteiger partial charge in [-0.1, -0.05) is 16.6 Å². The van der Waals surface area contributed by atoms with Crippen LogP contribution in [0.3, 0.4) is 0 Å². The Morgan fingerprint density at radius 1 is 1.18 bits per heavy atom. The molecule has 0 bridgehead atoms. The molecule has 17 heavy (non-hydrogen) atoms. The van der Waals surface area contributed by atoms with Crippen LogP contribution >= 0.6 is 0 Å². The van der Waals surface area contributed by atoms with Gasteiger partial charge in [0.2, 0.25) is 0 Å². The summed E-state index contributed by atoms with van der Waals surface area (Å²) < 4.78 is 15.3. The van der Waals surface area contributed by atoms with Gasteiger partial charge in [0.15, 0.2) is 0 Å². The van der Waals surface area contributed by atoms with Crippen molar-refractivity contribution >= 4 is 11.0 Å². The highest BCUT2D eigenvalue weighted by atomic mass is 19.2. The molecule has 0 aliphatic carbocycles. The van der Waals surface area contributed by atoms with Gasteiger partial charge in [-0.25, -0.2) is 4.79 Å². The third-order valence-electron chi connectivity index (χ3n) is 3.40. The molecule has 2 aromatic rings.